The van der Waals surface area contributed by atoms with Crippen LogP contribution in [-0.2, 0) is 14.3 Å². The number of hydrogen-bond acceptors (Lipinski definition) is 4. The van der Waals surface area contributed by atoms with E-state index in [0.717, 1.165) is 19.7 Å². The molecule has 2 unspecified atom stereocenters. The Labute approximate surface area is 103 Å². The van der Waals surface area contributed by atoms with Crippen LogP contribution in [0.2, 0.25) is 0 Å². The summed E-state index contributed by atoms with van der Waals surface area (Å²) in [5.74, 6) is 0.420. The van der Waals surface area contributed by atoms with Crippen molar-refractivity contribution >= 4 is 5.91 Å². The van der Waals surface area contributed by atoms with E-state index in [-0.39, 0.29) is 17.9 Å². The average molecular weight is 244 g/mol. The van der Waals surface area contributed by atoms with Crippen molar-refractivity contribution in [3.05, 3.63) is 0 Å². The van der Waals surface area contributed by atoms with Crippen LogP contribution in [0.4, 0.5) is 0 Å². The Hall–Kier alpha value is -0.650. The van der Waals surface area contributed by atoms with Crippen LogP contribution < -0.4 is 5.32 Å². The molecular formula is C12H24N2O3. The lowest BCUT2D eigenvalue weighted by Crippen LogP contribution is -2.46. The van der Waals surface area contributed by atoms with Crippen LogP contribution in [0.5, 0.6) is 0 Å². The second-order valence-corrected chi connectivity index (χ2v) is 4.74. The highest BCUT2D eigenvalue weighted by Crippen LogP contribution is 2.06. The molecule has 2 atom stereocenters. The molecule has 1 saturated heterocycles. The van der Waals surface area contributed by atoms with E-state index < -0.39 is 0 Å². The quantitative estimate of drug-likeness (QED) is 0.720. The standard InChI is InChI=1S/C12H24N2O3/c1-10(9-16-3)6-12(15)14(2)8-11-7-13-4-5-17-11/h10-11,13H,4-9H2,1-3H3. The Kier molecular flexibility index (Phi) is 6.47. The van der Waals surface area contributed by atoms with Crippen molar-refractivity contribution in [2.24, 2.45) is 5.92 Å². The predicted octanol–water partition coefficient (Wildman–Crippen LogP) is 0.106. The lowest BCUT2D eigenvalue weighted by atomic mass is 10.1. The third-order valence-electron chi connectivity index (χ3n) is 2.88. The molecule has 0 spiro atoms. The van der Waals surface area contributed by atoms with E-state index in [0.29, 0.717) is 19.6 Å². The average Bonchev–Trinajstić information content (AvgIpc) is 2.30. The van der Waals surface area contributed by atoms with E-state index in [2.05, 4.69) is 5.32 Å². The van der Waals surface area contributed by atoms with Crippen LogP contribution >= 0.6 is 0 Å². The van der Waals surface area contributed by atoms with Gasteiger partial charge in [-0.15, -0.1) is 0 Å². The number of ether oxygens (including phenoxy) is 2. The first kappa shape index (κ1) is 14.4. The third kappa shape index (κ3) is 5.48. The maximum Gasteiger partial charge on any atom is 0.222 e. The van der Waals surface area contributed by atoms with E-state index in [9.17, 15) is 4.79 Å². The Morgan fingerprint density at radius 2 is 2.41 bits per heavy atom. The lowest BCUT2D eigenvalue weighted by molar-refractivity contribution is -0.133. The van der Waals surface area contributed by atoms with E-state index in [1.54, 1.807) is 12.0 Å². The van der Waals surface area contributed by atoms with E-state index in [1.165, 1.54) is 0 Å². The van der Waals surface area contributed by atoms with Crippen LogP contribution in [0, 0.1) is 5.92 Å². The molecule has 1 aliphatic rings. The maximum atomic E-state index is 11.9. The van der Waals surface area contributed by atoms with Gasteiger partial charge in [-0.05, 0) is 5.92 Å². The smallest absolute Gasteiger partial charge is 0.222 e. The molecule has 0 aliphatic carbocycles. The monoisotopic (exact) mass is 244 g/mol. The fraction of sp³-hybridized carbons (Fsp3) is 0.917. The predicted molar refractivity (Wildman–Crippen MR) is 65.9 cm³/mol. The van der Waals surface area contributed by atoms with Crippen molar-refractivity contribution in [3.63, 3.8) is 0 Å². The molecule has 0 aromatic carbocycles. The van der Waals surface area contributed by atoms with Crippen molar-refractivity contribution < 1.29 is 14.3 Å². The molecule has 0 radical (unpaired) electrons. The summed E-state index contributed by atoms with van der Waals surface area (Å²) in [6.07, 6.45) is 0.653. The molecule has 1 aliphatic heterocycles. The fourth-order valence-corrected chi connectivity index (χ4v) is 1.94. The number of nitrogens with zero attached hydrogens (tertiary/aromatic N) is 1. The van der Waals surface area contributed by atoms with Crippen LogP contribution in [0.15, 0.2) is 0 Å². The minimum Gasteiger partial charge on any atom is -0.384 e. The van der Waals surface area contributed by atoms with Crippen LogP contribution in [0.1, 0.15) is 13.3 Å². The van der Waals surface area contributed by atoms with Crippen LogP contribution in [-0.4, -0.2) is 63.9 Å². The summed E-state index contributed by atoms with van der Waals surface area (Å²) in [6, 6.07) is 0. The number of carbonyl (C=O) groups is 1. The SMILES string of the molecule is COCC(C)CC(=O)N(C)CC1CNCCO1. The maximum absolute atomic E-state index is 11.9. The summed E-state index contributed by atoms with van der Waals surface area (Å²) in [7, 11) is 3.49. The highest BCUT2D eigenvalue weighted by Gasteiger charge is 2.19. The minimum absolute atomic E-state index is 0.121. The summed E-state index contributed by atoms with van der Waals surface area (Å²) in [5, 5.41) is 3.26. The van der Waals surface area contributed by atoms with Gasteiger partial charge in [0.2, 0.25) is 5.91 Å². The van der Waals surface area contributed by atoms with Gasteiger partial charge in [-0.1, -0.05) is 6.92 Å². The van der Waals surface area contributed by atoms with Crippen molar-refractivity contribution in [1.29, 1.82) is 0 Å². The normalized spacial score (nSPS) is 22.2. The van der Waals surface area contributed by atoms with Gasteiger partial charge in [0.1, 0.15) is 0 Å². The molecule has 1 amide bonds. The summed E-state index contributed by atoms with van der Waals surface area (Å²) in [6.45, 7) is 5.76. The first-order valence-corrected chi connectivity index (χ1v) is 6.18. The largest absolute Gasteiger partial charge is 0.384 e. The first-order valence-electron chi connectivity index (χ1n) is 6.18. The molecule has 0 aromatic heterocycles. The molecule has 0 bridgehead atoms. The lowest BCUT2D eigenvalue weighted by Gasteiger charge is -2.28. The number of hydrogen-bond donors (Lipinski definition) is 1. The Bertz CT molecular complexity index is 230. The number of carbonyl (C=O) groups excluding carboxylic acids is 1. The molecule has 1 rings (SSSR count). The molecule has 0 saturated carbocycles. The molecule has 17 heavy (non-hydrogen) atoms. The Balaban J connectivity index is 2.25. The van der Waals surface area contributed by atoms with Crippen molar-refractivity contribution in [1.82, 2.24) is 10.2 Å². The molecular weight excluding hydrogens is 220 g/mol. The molecule has 1 fully saturated rings. The summed E-state index contributed by atoms with van der Waals surface area (Å²) in [4.78, 5) is 13.7. The van der Waals surface area contributed by atoms with Gasteiger partial charge in [-0.2, -0.15) is 0 Å². The zero-order chi connectivity index (χ0) is 12.7. The summed E-state index contributed by atoms with van der Waals surface area (Å²) in [5.41, 5.74) is 0. The molecule has 0 aromatic rings. The number of likely N-dealkylation sites (N-methyl/N-ethyl adjacent to an activating group) is 1. The fourth-order valence-electron chi connectivity index (χ4n) is 1.94. The summed E-state index contributed by atoms with van der Waals surface area (Å²) < 4.78 is 10.6. The molecule has 5 nitrogen and oxygen atoms in total. The van der Waals surface area contributed by atoms with Crippen LogP contribution in [0.25, 0.3) is 0 Å². The van der Waals surface area contributed by atoms with Gasteiger partial charge in [0.15, 0.2) is 0 Å². The molecule has 1 N–H and O–H groups in total. The molecule has 1 heterocycles. The van der Waals surface area contributed by atoms with Gasteiger partial charge in [-0.3, -0.25) is 4.79 Å². The number of morpholine rings is 1. The van der Waals surface area contributed by atoms with Crippen molar-refractivity contribution in [2.45, 2.75) is 19.4 Å². The van der Waals surface area contributed by atoms with Crippen molar-refractivity contribution in [3.8, 4) is 0 Å². The van der Waals surface area contributed by atoms with E-state index in [1.807, 2.05) is 14.0 Å². The first-order chi connectivity index (χ1) is 8.13. The second kappa shape index (κ2) is 7.63. The number of amides is 1. The van der Waals surface area contributed by atoms with E-state index in [4.69, 9.17) is 9.47 Å². The highest BCUT2D eigenvalue weighted by molar-refractivity contribution is 5.76. The Morgan fingerprint density at radius 1 is 1.65 bits per heavy atom. The molecule has 100 valence electrons. The Morgan fingerprint density at radius 3 is 3.00 bits per heavy atom. The summed E-state index contributed by atoms with van der Waals surface area (Å²) >= 11 is 0. The third-order valence-corrected chi connectivity index (χ3v) is 2.88. The van der Waals surface area contributed by atoms with Gasteiger partial charge in [0.05, 0.1) is 12.7 Å². The van der Waals surface area contributed by atoms with Crippen molar-refractivity contribution in [2.75, 3.05) is 47.0 Å². The minimum atomic E-state index is 0.121. The van der Waals surface area contributed by atoms with Gasteiger partial charge in [0, 0.05) is 46.8 Å². The number of methoxy groups -OCH3 is 1. The molecule has 5 heteroatoms. The van der Waals surface area contributed by atoms with Crippen LogP contribution in [0.3, 0.4) is 0 Å². The van der Waals surface area contributed by atoms with E-state index >= 15 is 0 Å². The topological polar surface area (TPSA) is 50.8 Å². The number of rotatable bonds is 6. The highest BCUT2D eigenvalue weighted by atomic mass is 16.5. The van der Waals surface area contributed by atoms with Gasteiger partial charge >= 0.3 is 0 Å². The van der Waals surface area contributed by atoms with Gasteiger partial charge < -0.3 is 19.7 Å². The zero-order valence-corrected chi connectivity index (χ0v) is 11.1. The van der Waals surface area contributed by atoms with Gasteiger partial charge in [-0.25, -0.2) is 0 Å². The second-order valence-electron chi connectivity index (χ2n) is 4.74. The zero-order valence-electron chi connectivity index (χ0n) is 11.1. The van der Waals surface area contributed by atoms with Gasteiger partial charge in [0.25, 0.3) is 0 Å². The number of nitrogens with one attached hydrogen (secondary N) is 1.